The zero-order valence-corrected chi connectivity index (χ0v) is 36.9. The van der Waals surface area contributed by atoms with Crippen molar-refractivity contribution in [2.75, 3.05) is 0 Å². The summed E-state index contributed by atoms with van der Waals surface area (Å²) in [4.78, 5) is 40.5. The van der Waals surface area contributed by atoms with Gasteiger partial charge in [0.05, 0.1) is 18.7 Å². The molecule has 2 aromatic carbocycles. The van der Waals surface area contributed by atoms with Crippen molar-refractivity contribution in [1.29, 1.82) is 0 Å². The van der Waals surface area contributed by atoms with Crippen molar-refractivity contribution in [2.45, 2.75) is 141 Å². The minimum atomic E-state index is -5.02. The maximum absolute atomic E-state index is 13.7. The second kappa shape index (κ2) is 15.7. The van der Waals surface area contributed by atoms with Crippen LogP contribution in [0.15, 0.2) is 40.4 Å². The Hall–Kier alpha value is -4.64. The monoisotopic (exact) mass is 864 g/mol. The fourth-order valence-corrected chi connectivity index (χ4v) is 11.3. The molecule has 2 aliphatic carbocycles. The Balaban J connectivity index is 1.45. The van der Waals surface area contributed by atoms with Gasteiger partial charge in [0.2, 0.25) is 0 Å². The highest BCUT2D eigenvalue weighted by Crippen LogP contribution is 2.51. The topological polar surface area (TPSA) is 190 Å². The van der Waals surface area contributed by atoms with Gasteiger partial charge in [-0.3, -0.25) is 18.7 Å². The third kappa shape index (κ3) is 8.23. The molecule has 0 spiro atoms. The number of hydrogen-bond donors (Lipinski definition) is 2. The molecular weight excluding hydrogens is 811 g/mol. The summed E-state index contributed by atoms with van der Waals surface area (Å²) in [6.07, 6.45) is 11.9. The molecular formula is C44H54N3O11S2+. The number of benzene rings is 2. The molecule has 1 unspecified atom stereocenters. The maximum atomic E-state index is 13.7. The number of ether oxygens (including phenoxy) is 1. The number of nitrogens with zero attached hydrogens (tertiary/aromatic N) is 3. The van der Waals surface area contributed by atoms with Crippen molar-refractivity contribution in [2.24, 2.45) is 10.8 Å². The van der Waals surface area contributed by atoms with Crippen LogP contribution in [0.5, 0.6) is 11.5 Å². The van der Waals surface area contributed by atoms with Gasteiger partial charge >= 0.3 is 5.97 Å². The van der Waals surface area contributed by atoms with Crippen molar-refractivity contribution in [3.63, 3.8) is 0 Å². The summed E-state index contributed by atoms with van der Waals surface area (Å²) in [5.41, 5.74) is 2.39. The summed E-state index contributed by atoms with van der Waals surface area (Å²) in [5.74, 6) is -1.69. The van der Waals surface area contributed by atoms with Crippen LogP contribution in [0.2, 0.25) is 0 Å². The molecule has 2 amide bonds. The van der Waals surface area contributed by atoms with Crippen LogP contribution in [-0.2, 0) is 59.0 Å². The third-order valence-corrected chi connectivity index (χ3v) is 13.8. The van der Waals surface area contributed by atoms with E-state index in [1.54, 1.807) is 6.08 Å². The molecule has 1 saturated heterocycles. The summed E-state index contributed by atoms with van der Waals surface area (Å²) >= 11 is 0. The molecule has 0 saturated carbocycles. The van der Waals surface area contributed by atoms with E-state index in [0.717, 1.165) is 30.4 Å². The SMILES string of the molecule is CCCCn1cc[n+](CCCCCC(=O)ON2C(=O)CCC2=O)c1C1=c2cc3c(c(S(=O)(=O)O)c2Oc2c1cc1c(c2S(=O)(=O)O)CC(C)(C)CC1C)=CC(C)(C)C=C3C. The molecule has 7 rings (SSSR count). The molecule has 0 radical (unpaired) electrons. The number of unbranched alkanes of at least 4 members (excludes halogenated alkanes) is 3. The average molecular weight is 865 g/mol. The number of hydroxylamine groups is 2. The van der Waals surface area contributed by atoms with Gasteiger partial charge in [0.15, 0.2) is 11.5 Å². The smallest absolute Gasteiger partial charge is 0.333 e. The van der Waals surface area contributed by atoms with E-state index in [-0.39, 0.29) is 47.3 Å². The van der Waals surface area contributed by atoms with E-state index < -0.39 is 53.2 Å². The summed E-state index contributed by atoms with van der Waals surface area (Å²) in [6, 6.07) is 3.77. The minimum Gasteiger partial charge on any atom is -0.453 e. The van der Waals surface area contributed by atoms with Crippen LogP contribution < -0.4 is 19.7 Å². The first-order valence-corrected chi connectivity index (χ1v) is 23.5. The molecule has 1 aromatic heterocycles. The first-order chi connectivity index (χ1) is 28.0. The Labute approximate surface area is 351 Å². The van der Waals surface area contributed by atoms with Crippen LogP contribution in [0.3, 0.4) is 0 Å². The van der Waals surface area contributed by atoms with E-state index in [1.807, 2.05) is 81.3 Å². The zero-order chi connectivity index (χ0) is 43.7. The van der Waals surface area contributed by atoms with Gasteiger partial charge in [-0.25, -0.2) is 13.9 Å². The van der Waals surface area contributed by atoms with E-state index in [2.05, 4.69) is 6.92 Å². The summed E-state index contributed by atoms with van der Waals surface area (Å²) in [7, 11) is -10.0. The maximum Gasteiger partial charge on any atom is 0.333 e. The number of carbonyl (C=O) groups is 3. The van der Waals surface area contributed by atoms with Gasteiger partial charge in [-0.15, -0.1) is 5.06 Å². The number of imidazole rings is 1. The van der Waals surface area contributed by atoms with Crippen LogP contribution in [-0.4, -0.2) is 53.4 Å². The predicted octanol–water partition coefficient (Wildman–Crippen LogP) is 5.89. The number of fused-ring (bicyclic) bond motifs is 4. The molecule has 322 valence electrons. The predicted molar refractivity (Wildman–Crippen MR) is 221 cm³/mol. The molecule has 60 heavy (non-hydrogen) atoms. The van der Waals surface area contributed by atoms with Crippen LogP contribution in [0.4, 0.5) is 0 Å². The summed E-state index contributed by atoms with van der Waals surface area (Å²) in [6.45, 7) is 14.8. The van der Waals surface area contributed by atoms with E-state index >= 15 is 0 Å². The first kappa shape index (κ1) is 43.4. The van der Waals surface area contributed by atoms with Crippen LogP contribution >= 0.6 is 0 Å². The zero-order valence-electron chi connectivity index (χ0n) is 35.3. The Bertz CT molecular complexity index is 2710. The third-order valence-electron chi connectivity index (χ3n) is 11.9. The quantitative estimate of drug-likeness (QED) is 0.0706. The van der Waals surface area contributed by atoms with E-state index in [9.17, 15) is 40.3 Å². The molecule has 2 aliphatic heterocycles. The van der Waals surface area contributed by atoms with Crippen molar-refractivity contribution >= 4 is 55.2 Å². The van der Waals surface area contributed by atoms with E-state index in [1.165, 1.54) is 0 Å². The summed E-state index contributed by atoms with van der Waals surface area (Å²) < 4.78 is 87.6. The second-order valence-electron chi connectivity index (χ2n) is 18.1. The Morgan fingerprint density at radius 1 is 0.933 bits per heavy atom. The lowest BCUT2D eigenvalue weighted by atomic mass is 9.69. The highest BCUT2D eigenvalue weighted by molar-refractivity contribution is 7.86. The lowest BCUT2D eigenvalue weighted by molar-refractivity contribution is -0.699. The largest absolute Gasteiger partial charge is 0.453 e. The Morgan fingerprint density at radius 2 is 1.62 bits per heavy atom. The molecule has 3 heterocycles. The molecule has 14 nitrogen and oxygen atoms in total. The van der Waals surface area contributed by atoms with Gasteiger partial charge in [0.1, 0.15) is 22.2 Å². The second-order valence-corrected chi connectivity index (χ2v) is 20.8. The number of imide groups is 1. The molecule has 16 heteroatoms. The van der Waals surface area contributed by atoms with Crippen LogP contribution in [0.1, 0.15) is 140 Å². The summed E-state index contributed by atoms with van der Waals surface area (Å²) in [5, 5.41) is 1.10. The molecule has 3 aromatic rings. The van der Waals surface area contributed by atoms with Gasteiger partial charge < -0.3 is 9.57 Å². The number of carbonyl (C=O) groups excluding carboxylic acids is 3. The normalized spacial score (nSPS) is 19.1. The minimum absolute atomic E-state index is 0.00693. The first-order valence-electron chi connectivity index (χ1n) is 20.6. The van der Waals surface area contributed by atoms with Crippen LogP contribution in [0.25, 0.3) is 17.2 Å². The highest BCUT2D eigenvalue weighted by Gasteiger charge is 2.43. The van der Waals surface area contributed by atoms with Gasteiger partial charge in [0.25, 0.3) is 37.9 Å². The van der Waals surface area contributed by atoms with E-state index in [4.69, 9.17) is 9.57 Å². The van der Waals surface area contributed by atoms with Gasteiger partial charge in [-0.1, -0.05) is 60.1 Å². The Kier molecular flexibility index (Phi) is 11.4. The van der Waals surface area contributed by atoms with Crippen molar-refractivity contribution in [1.82, 2.24) is 9.63 Å². The van der Waals surface area contributed by atoms with Gasteiger partial charge in [-0.2, -0.15) is 16.8 Å². The lowest BCUT2D eigenvalue weighted by Gasteiger charge is -2.38. The fraction of sp³-hybridized carbons (Fsp3) is 0.500. The van der Waals surface area contributed by atoms with Crippen molar-refractivity contribution in [3.05, 3.63) is 69.1 Å². The number of aromatic nitrogens is 2. The fourth-order valence-electron chi connectivity index (χ4n) is 9.55. The number of allylic oxidation sites excluding steroid dienone is 2. The van der Waals surface area contributed by atoms with Gasteiger partial charge in [0, 0.05) is 40.7 Å². The molecule has 4 aliphatic rings. The van der Waals surface area contributed by atoms with E-state index in [0.29, 0.717) is 77.1 Å². The van der Waals surface area contributed by atoms with Crippen molar-refractivity contribution in [3.8, 4) is 11.5 Å². The standard InChI is InChI=1S/C44H53N3O11S2/c1-8-9-16-45-18-19-46(17-12-10-11-13-36(50)58-47-34(48)14-15-35(47)49)42(45)37-30-20-28-26(2)22-43(4,5)24-32(28)40(59(51,52)53)38(30)57-39-31(37)21-29-27(3)23-44(6,7)25-33(29)41(39)60(54,55)56/h18-22,24,27H,8-17,23,25H2,1-7H3,(H-,51,52,53,54,55,56)/p+1. The number of aryl methyl sites for hydroxylation is 2. The van der Waals surface area contributed by atoms with Gasteiger partial charge in [-0.05, 0) is 91.2 Å². The molecule has 1 atom stereocenters. The lowest BCUT2D eigenvalue weighted by Crippen LogP contribution is -2.40. The Morgan fingerprint density at radius 3 is 2.27 bits per heavy atom. The molecule has 0 bridgehead atoms. The number of rotatable bonds is 13. The molecule has 2 N–H and O–H groups in total. The number of amides is 2. The van der Waals surface area contributed by atoms with Crippen molar-refractivity contribution < 1.29 is 54.5 Å². The number of hydrogen-bond acceptors (Lipinski definition) is 9. The average Bonchev–Trinajstić information content (AvgIpc) is 3.66. The highest BCUT2D eigenvalue weighted by atomic mass is 32.2. The van der Waals surface area contributed by atoms with Crippen LogP contribution in [0, 0.1) is 10.8 Å². The molecule has 1 fully saturated rings.